The van der Waals surface area contributed by atoms with Crippen LogP contribution in [0.5, 0.6) is 5.75 Å². The lowest BCUT2D eigenvalue weighted by Crippen LogP contribution is -2.04. The Morgan fingerprint density at radius 2 is 1.94 bits per heavy atom. The lowest BCUT2D eigenvalue weighted by molar-refractivity contribution is 0.406. The normalized spacial score (nSPS) is 13.4. The third-order valence-corrected chi connectivity index (χ3v) is 2.86. The van der Waals surface area contributed by atoms with Crippen LogP contribution in [-0.2, 0) is 12.8 Å². The molecule has 0 heterocycles. The van der Waals surface area contributed by atoms with Crippen LogP contribution in [-0.4, -0.2) is 13.7 Å². The summed E-state index contributed by atoms with van der Waals surface area (Å²) in [6.45, 7) is 2.88. The van der Waals surface area contributed by atoms with Crippen molar-refractivity contribution < 1.29 is 4.74 Å². The topological polar surface area (TPSA) is 35.2 Å². The maximum atomic E-state index is 5.31. The highest BCUT2D eigenvalue weighted by Crippen LogP contribution is 2.28. The number of ether oxygens (including phenoxy) is 1. The number of benzene rings is 1. The van der Waals surface area contributed by atoms with E-state index in [1.807, 2.05) is 0 Å². The van der Waals surface area contributed by atoms with Crippen LogP contribution in [0.2, 0.25) is 0 Å². The maximum absolute atomic E-state index is 5.31. The Bertz CT molecular complexity index is 293. The maximum Gasteiger partial charge on any atom is 0.122 e. The average Bonchev–Trinajstić information content (AvgIpc) is 2.38. The van der Waals surface area contributed by atoms with E-state index in [4.69, 9.17) is 10.5 Å². The van der Waals surface area contributed by atoms with E-state index in [9.17, 15) is 0 Å². The molecule has 0 amide bonds. The van der Waals surface area contributed by atoms with E-state index in [1.165, 1.54) is 36.8 Å². The second-order valence-electron chi connectivity index (χ2n) is 4.09. The van der Waals surface area contributed by atoms with Crippen LogP contribution < -0.4 is 10.5 Å². The summed E-state index contributed by atoms with van der Waals surface area (Å²) < 4.78 is 5.31. The molecule has 2 nitrogen and oxygen atoms in total. The van der Waals surface area contributed by atoms with Crippen molar-refractivity contribution in [2.24, 2.45) is 5.73 Å². The highest BCUT2D eigenvalue weighted by atomic mass is 16.5. The van der Waals surface area contributed by atoms with E-state index in [0.29, 0.717) is 0 Å². The van der Waals surface area contributed by atoms with E-state index < -0.39 is 0 Å². The predicted molar refractivity (Wildman–Crippen MR) is 69.0 cm³/mol. The van der Waals surface area contributed by atoms with Crippen molar-refractivity contribution in [3.05, 3.63) is 29.3 Å². The highest BCUT2D eigenvalue weighted by molar-refractivity contribution is 5.41. The molecule has 1 aliphatic rings. The van der Waals surface area contributed by atoms with Gasteiger partial charge >= 0.3 is 0 Å². The lowest BCUT2D eigenvalue weighted by atomic mass is 9.91. The molecule has 0 fully saturated rings. The van der Waals surface area contributed by atoms with Gasteiger partial charge in [0, 0.05) is 0 Å². The summed E-state index contributed by atoms with van der Waals surface area (Å²) in [6.07, 6.45) is 6.17. The molecule has 0 aromatic heterocycles. The zero-order valence-electron chi connectivity index (χ0n) is 10.5. The van der Waals surface area contributed by atoms with Crippen LogP contribution in [0.25, 0.3) is 0 Å². The molecule has 0 aliphatic heterocycles. The molecule has 1 aromatic rings. The fourth-order valence-corrected chi connectivity index (χ4v) is 1.94. The molecule has 2 heteroatoms. The predicted octanol–water partition coefficient (Wildman–Crippen LogP) is 2.93. The van der Waals surface area contributed by atoms with E-state index in [1.54, 1.807) is 7.11 Å². The summed E-state index contributed by atoms with van der Waals surface area (Å²) in [5.74, 6) is 1.08. The Labute approximate surface area is 98.8 Å². The second-order valence-corrected chi connectivity index (χ2v) is 4.09. The Morgan fingerprint density at radius 3 is 2.56 bits per heavy atom. The Balaban J connectivity index is 0.000000280. The molecule has 0 radical (unpaired) electrons. The summed E-state index contributed by atoms with van der Waals surface area (Å²) in [7, 11) is 1.75. The third kappa shape index (κ3) is 3.53. The molecule has 2 rings (SSSR count). The van der Waals surface area contributed by atoms with Gasteiger partial charge in [-0.25, -0.2) is 0 Å². The lowest BCUT2D eigenvalue weighted by Gasteiger charge is -2.17. The number of rotatable bonds is 2. The van der Waals surface area contributed by atoms with Crippen LogP contribution in [0.3, 0.4) is 0 Å². The van der Waals surface area contributed by atoms with Crippen molar-refractivity contribution >= 4 is 0 Å². The van der Waals surface area contributed by atoms with Gasteiger partial charge in [0.2, 0.25) is 0 Å². The Morgan fingerprint density at radius 1 is 1.25 bits per heavy atom. The molecule has 0 bridgehead atoms. The number of methoxy groups -OCH3 is 1. The quantitative estimate of drug-likeness (QED) is 0.833. The van der Waals surface area contributed by atoms with E-state index >= 15 is 0 Å². The van der Waals surface area contributed by atoms with E-state index in [2.05, 4.69) is 25.1 Å². The molecule has 0 saturated heterocycles. The van der Waals surface area contributed by atoms with Crippen molar-refractivity contribution in [1.82, 2.24) is 0 Å². The van der Waals surface area contributed by atoms with Gasteiger partial charge in [0.05, 0.1) is 7.11 Å². The van der Waals surface area contributed by atoms with Gasteiger partial charge in [0.25, 0.3) is 0 Å². The SMILES string of the molecule is CCCN.COc1cccc2c1CCCC2. The average molecular weight is 221 g/mol. The number of hydrogen-bond acceptors (Lipinski definition) is 2. The number of nitrogens with two attached hydrogens (primary N) is 1. The first kappa shape index (κ1) is 13.0. The summed E-state index contributed by atoms with van der Waals surface area (Å²) in [6, 6.07) is 6.37. The first-order valence-corrected chi connectivity index (χ1v) is 6.18. The van der Waals surface area contributed by atoms with Crippen molar-refractivity contribution in [3.63, 3.8) is 0 Å². The Kier molecular flexibility index (Phi) is 5.94. The highest BCUT2D eigenvalue weighted by Gasteiger charge is 2.12. The fraction of sp³-hybridized carbons (Fsp3) is 0.571. The van der Waals surface area contributed by atoms with Gasteiger partial charge in [-0.15, -0.1) is 0 Å². The smallest absolute Gasteiger partial charge is 0.122 e. The molecule has 0 saturated carbocycles. The van der Waals surface area contributed by atoms with Gasteiger partial charge in [0.1, 0.15) is 5.75 Å². The zero-order valence-corrected chi connectivity index (χ0v) is 10.5. The zero-order chi connectivity index (χ0) is 11.8. The minimum absolute atomic E-state index is 0.819. The van der Waals surface area contributed by atoms with Crippen LogP contribution in [0.15, 0.2) is 18.2 Å². The molecule has 16 heavy (non-hydrogen) atoms. The molecular weight excluding hydrogens is 198 g/mol. The van der Waals surface area contributed by atoms with Gasteiger partial charge in [-0.1, -0.05) is 19.1 Å². The molecular formula is C14H23NO. The van der Waals surface area contributed by atoms with Crippen LogP contribution in [0.1, 0.15) is 37.3 Å². The van der Waals surface area contributed by atoms with Crippen LogP contribution in [0.4, 0.5) is 0 Å². The molecule has 1 aromatic carbocycles. The molecule has 0 atom stereocenters. The molecule has 90 valence electrons. The summed E-state index contributed by atoms with van der Waals surface area (Å²) in [5, 5.41) is 0. The van der Waals surface area contributed by atoms with Crippen molar-refractivity contribution in [3.8, 4) is 5.75 Å². The van der Waals surface area contributed by atoms with Crippen LogP contribution in [0, 0.1) is 0 Å². The van der Waals surface area contributed by atoms with Gasteiger partial charge in [0.15, 0.2) is 0 Å². The van der Waals surface area contributed by atoms with Crippen molar-refractivity contribution in [1.29, 1.82) is 0 Å². The van der Waals surface area contributed by atoms with Gasteiger partial charge in [-0.3, -0.25) is 0 Å². The molecule has 0 spiro atoms. The van der Waals surface area contributed by atoms with Crippen molar-refractivity contribution in [2.45, 2.75) is 39.0 Å². The summed E-state index contributed by atoms with van der Waals surface area (Å²) in [4.78, 5) is 0. The second kappa shape index (κ2) is 7.29. The van der Waals surface area contributed by atoms with E-state index in [0.717, 1.165) is 18.7 Å². The molecule has 1 aliphatic carbocycles. The standard InChI is InChI=1S/C11H14O.C3H9N/c1-12-11-8-4-6-9-5-2-3-7-10(9)11;1-2-3-4/h4,6,8H,2-3,5,7H2,1H3;2-4H2,1H3. The first-order chi connectivity index (χ1) is 7.83. The molecule has 0 unspecified atom stereocenters. The number of aryl methyl sites for hydroxylation is 1. The van der Waals surface area contributed by atoms with Crippen LogP contribution >= 0.6 is 0 Å². The monoisotopic (exact) mass is 221 g/mol. The summed E-state index contributed by atoms with van der Waals surface area (Å²) >= 11 is 0. The van der Waals surface area contributed by atoms with E-state index in [-0.39, 0.29) is 0 Å². The first-order valence-electron chi connectivity index (χ1n) is 6.18. The van der Waals surface area contributed by atoms with Gasteiger partial charge in [-0.2, -0.15) is 0 Å². The third-order valence-electron chi connectivity index (χ3n) is 2.86. The van der Waals surface area contributed by atoms with Gasteiger partial charge in [-0.05, 0) is 55.8 Å². The minimum atomic E-state index is 0.819. The largest absolute Gasteiger partial charge is 0.496 e. The number of fused-ring (bicyclic) bond motifs is 1. The number of hydrogen-bond donors (Lipinski definition) is 1. The summed E-state index contributed by atoms with van der Waals surface area (Å²) in [5.41, 5.74) is 7.95. The van der Waals surface area contributed by atoms with Crippen molar-refractivity contribution in [2.75, 3.05) is 13.7 Å². The van der Waals surface area contributed by atoms with Gasteiger partial charge < -0.3 is 10.5 Å². The Hall–Kier alpha value is -1.02. The molecule has 2 N–H and O–H groups in total. The minimum Gasteiger partial charge on any atom is -0.496 e. The fourth-order valence-electron chi connectivity index (χ4n) is 1.94.